The zero-order valence-corrected chi connectivity index (χ0v) is 10.3. The third-order valence-corrected chi connectivity index (χ3v) is 2.59. The van der Waals surface area contributed by atoms with E-state index in [1.807, 2.05) is 5.32 Å². The number of phenolic OH excluding ortho intramolecular Hbond substituents is 1. The number of pyridine rings is 1. The number of nitrogens with one attached hydrogen (secondary N) is 1. The summed E-state index contributed by atoms with van der Waals surface area (Å²) in [5.74, 6) is -2.49. The van der Waals surface area contributed by atoms with E-state index in [-0.39, 0.29) is 0 Å². The van der Waals surface area contributed by atoms with Crippen LogP contribution < -0.4 is 5.32 Å². The highest BCUT2D eigenvalue weighted by atomic mass is 19.4. The van der Waals surface area contributed by atoms with Gasteiger partial charge in [-0.25, -0.2) is 4.39 Å². The van der Waals surface area contributed by atoms with E-state index in [1.54, 1.807) is 0 Å². The molecule has 0 radical (unpaired) electrons. The molecule has 0 fully saturated rings. The number of rotatable bonds is 2. The molecule has 0 aliphatic heterocycles. The lowest BCUT2D eigenvalue weighted by molar-refractivity contribution is -0.137. The average Bonchev–Trinajstić information content (AvgIpc) is 2.40. The standard InChI is InChI=1S/C13H8F4N2O2/c14-9-6-18-4-3-8(9)12(21)19-10-5-7(13(15,16)17)1-2-11(10)20/h1-6,20H,(H,19,21). The van der Waals surface area contributed by atoms with Crippen molar-refractivity contribution in [3.63, 3.8) is 0 Å². The van der Waals surface area contributed by atoms with E-state index in [0.717, 1.165) is 24.5 Å². The molecule has 1 aromatic heterocycles. The van der Waals surface area contributed by atoms with E-state index < -0.39 is 40.5 Å². The Morgan fingerprint density at radius 2 is 1.95 bits per heavy atom. The van der Waals surface area contributed by atoms with Crippen LogP contribution in [0.2, 0.25) is 0 Å². The van der Waals surface area contributed by atoms with Gasteiger partial charge >= 0.3 is 6.18 Å². The molecule has 2 N–H and O–H groups in total. The summed E-state index contributed by atoms with van der Waals surface area (Å²) in [5.41, 5.74) is -1.92. The fraction of sp³-hybridized carbons (Fsp3) is 0.0769. The number of nitrogens with zero attached hydrogens (tertiary/aromatic N) is 1. The summed E-state index contributed by atoms with van der Waals surface area (Å²) in [5, 5.41) is 11.5. The van der Waals surface area contributed by atoms with Gasteiger partial charge in [-0.3, -0.25) is 9.78 Å². The third kappa shape index (κ3) is 3.28. The summed E-state index contributed by atoms with van der Waals surface area (Å²) >= 11 is 0. The van der Waals surface area contributed by atoms with E-state index in [4.69, 9.17) is 0 Å². The van der Waals surface area contributed by atoms with Crippen molar-refractivity contribution >= 4 is 11.6 Å². The molecule has 2 aromatic rings. The van der Waals surface area contributed by atoms with Crippen molar-refractivity contribution in [2.45, 2.75) is 6.18 Å². The summed E-state index contributed by atoms with van der Waals surface area (Å²) in [4.78, 5) is 15.2. The van der Waals surface area contributed by atoms with Crippen molar-refractivity contribution in [2.24, 2.45) is 0 Å². The van der Waals surface area contributed by atoms with Gasteiger partial charge in [0.2, 0.25) is 0 Å². The lowest BCUT2D eigenvalue weighted by atomic mass is 10.1. The molecule has 1 aromatic carbocycles. The monoisotopic (exact) mass is 300 g/mol. The van der Waals surface area contributed by atoms with Crippen LogP contribution in [-0.4, -0.2) is 16.0 Å². The molecule has 0 saturated heterocycles. The minimum atomic E-state index is -4.63. The summed E-state index contributed by atoms with van der Waals surface area (Å²) < 4.78 is 51.0. The van der Waals surface area contributed by atoms with E-state index in [2.05, 4.69) is 4.98 Å². The Balaban J connectivity index is 2.31. The first-order valence-electron chi connectivity index (χ1n) is 5.60. The van der Waals surface area contributed by atoms with Gasteiger partial charge in [0, 0.05) is 6.20 Å². The highest BCUT2D eigenvalue weighted by Gasteiger charge is 2.31. The predicted octanol–water partition coefficient (Wildman–Crippen LogP) is 3.20. The van der Waals surface area contributed by atoms with Crippen LogP contribution in [0.25, 0.3) is 0 Å². The van der Waals surface area contributed by atoms with Crippen molar-refractivity contribution < 1.29 is 27.5 Å². The van der Waals surface area contributed by atoms with E-state index in [1.165, 1.54) is 0 Å². The second-order valence-electron chi connectivity index (χ2n) is 4.04. The number of aromatic nitrogens is 1. The van der Waals surface area contributed by atoms with Crippen LogP contribution in [-0.2, 0) is 6.18 Å². The number of alkyl halides is 3. The van der Waals surface area contributed by atoms with E-state index in [9.17, 15) is 27.5 Å². The number of carbonyl (C=O) groups excluding carboxylic acids is 1. The minimum Gasteiger partial charge on any atom is -0.506 e. The lowest BCUT2D eigenvalue weighted by Gasteiger charge is -2.11. The van der Waals surface area contributed by atoms with Crippen LogP contribution in [0.4, 0.5) is 23.2 Å². The first-order valence-corrected chi connectivity index (χ1v) is 5.60. The van der Waals surface area contributed by atoms with Gasteiger partial charge in [-0.2, -0.15) is 13.2 Å². The van der Waals surface area contributed by atoms with Crippen molar-refractivity contribution in [3.05, 3.63) is 53.6 Å². The predicted molar refractivity (Wildman–Crippen MR) is 65.3 cm³/mol. The molecule has 0 bridgehead atoms. The summed E-state index contributed by atoms with van der Waals surface area (Å²) in [6.45, 7) is 0. The molecule has 0 saturated carbocycles. The second-order valence-corrected chi connectivity index (χ2v) is 4.04. The first kappa shape index (κ1) is 14.8. The lowest BCUT2D eigenvalue weighted by Crippen LogP contribution is -2.15. The Morgan fingerprint density at radius 1 is 1.24 bits per heavy atom. The molecule has 4 nitrogen and oxygen atoms in total. The molecule has 0 atom stereocenters. The largest absolute Gasteiger partial charge is 0.506 e. The Kier molecular flexibility index (Phi) is 3.79. The maximum absolute atomic E-state index is 13.3. The maximum atomic E-state index is 13.3. The summed E-state index contributed by atoms with van der Waals surface area (Å²) in [6.07, 6.45) is -2.68. The Morgan fingerprint density at radius 3 is 2.57 bits per heavy atom. The Bertz CT molecular complexity index is 686. The van der Waals surface area contributed by atoms with Crippen LogP contribution >= 0.6 is 0 Å². The van der Waals surface area contributed by atoms with Crippen LogP contribution in [0.3, 0.4) is 0 Å². The summed E-state index contributed by atoms with van der Waals surface area (Å²) in [6, 6.07) is 3.08. The number of hydrogen-bond donors (Lipinski definition) is 2. The van der Waals surface area contributed by atoms with Gasteiger partial charge in [-0.15, -0.1) is 0 Å². The highest BCUT2D eigenvalue weighted by Crippen LogP contribution is 2.34. The SMILES string of the molecule is O=C(Nc1cc(C(F)(F)F)ccc1O)c1ccncc1F. The fourth-order valence-electron chi connectivity index (χ4n) is 1.56. The molecule has 8 heteroatoms. The summed E-state index contributed by atoms with van der Waals surface area (Å²) in [7, 11) is 0. The molecule has 1 heterocycles. The molecule has 2 rings (SSSR count). The van der Waals surface area contributed by atoms with Crippen LogP contribution in [0, 0.1) is 5.82 Å². The van der Waals surface area contributed by atoms with E-state index in [0.29, 0.717) is 12.1 Å². The number of aromatic hydroxyl groups is 1. The minimum absolute atomic E-state index is 0.401. The van der Waals surface area contributed by atoms with Crippen LogP contribution in [0.5, 0.6) is 5.75 Å². The number of halogens is 4. The smallest absolute Gasteiger partial charge is 0.416 e. The van der Waals surface area contributed by atoms with Gasteiger partial charge in [-0.05, 0) is 24.3 Å². The van der Waals surface area contributed by atoms with Crippen LogP contribution in [0.15, 0.2) is 36.7 Å². The number of hydrogen-bond acceptors (Lipinski definition) is 3. The number of carbonyl (C=O) groups is 1. The molecular weight excluding hydrogens is 292 g/mol. The zero-order chi connectivity index (χ0) is 15.6. The van der Waals surface area contributed by atoms with Gasteiger partial charge in [0.25, 0.3) is 5.91 Å². The van der Waals surface area contributed by atoms with Crippen LogP contribution in [0.1, 0.15) is 15.9 Å². The van der Waals surface area contributed by atoms with Gasteiger partial charge in [0.1, 0.15) is 5.75 Å². The van der Waals surface area contributed by atoms with Gasteiger partial charge in [-0.1, -0.05) is 0 Å². The van der Waals surface area contributed by atoms with Crippen molar-refractivity contribution in [3.8, 4) is 5.75 Å². The van der Waals surface area contributed by atoms with Crippen molar-refractivity contribution in [1.82, 2.24) is 4.98 Å². The molecular formula is C13H8F4N2O2. The normalized spacial score (nSPS) is 11.2. The highest BCUT2D eigenvalue weighted by molar-refractivity contribution is 6.05. The number of phenols is 1. The molecule has 21 heavy (non-hydrogen) atoms. The Labute approximate surface area is 116 Å². The molecule has 1 amide bonds. The molecule has 0 unspecified atom stereocenters. The van der Waals surface area contributed by atoms with Crippen molar-refractivity contribution in [1.29, 1.82) is 0 Å². The molecule has 0 aliphatic carbocycles. The maximum Gasteiger partial charge on any atom is 0.416 e. The molecule has 0 spiro atoms. The zero-order valence-electron chi connectivity index (χ0n) is 10.3. The fourth-order valence-corrected chi connectivity index (χ4v) is 1.56. The van der Waals surface area contributed by atoms with Gasteiger partial charge in [0.05, 0.1) is 23.0 Å². The quantitative estimate of drug-likeness (QED) is 0.661. The second kappa shape index (κ2) is 5.39. The topological polar surface area (TPSA) is 62.2 Å². The van der Waals surface area contributed by atoms with Gasteiger partial charge in [0.15, 0.2) is 5.82 Å². The third-order valence-electron chi connectivity index (χ3n) is 2.59. The Hall–Kier alpha value is -2.64. The number of benzene rings is 1. The van der Waals surface area contributed by atoms with Crippen molar-refractivity contribution in [2.75, 3.05) is 5.32 Å². The molecule has 110 valence electrons. The molecule has 0 aliphatic rings. The first-order chi connectivity index (χ1) is 9.79. The average molecular weight is 300 g/mol. The number of anilines is 1. The number of amides is 1. The van der Waals surface area contributed by atoms with E-state index >= 15 is 0 Å². The van der Waals surface area contributed by atoms with Gasteiger partial charge < -0.3 is 10.4 Å².